The molecule has 7 nitrogen and oxygen atoms in total. The molecule has 0 radical (unpaired) electrons. The van der Waals surface area contributed by atoms with Crippen LogP contribution < -0.4 is 10.3 Å². The zero-order valence-corrected chi connectivity index (χ0v) is 15.8. The van der Waals surface area contributed by atoms with Crippen LogP contribution in [0, 0.1) is 0 Å². The van der Waals surface area contributed by atoms with Gasteiger partial charge in [0.15, 0.2) is 0 Å². The number of hydrogen-bond donors (Lipinski definition) is 1. The van der Waals surface area contributed by atoms with Crippen molar-refractivity contribution in [1.82, 2.24) is 14.8 Å². The van der Waals surface area contributed by atoms with Gasteiger partial charge in [-0.1, -0.05) is 29.5 Å². The molecule has 8 heteroatoms. The minimum atomic E-state index is -0.315. The number of rotatable bonds is 5. The normalized spacial score (nSPS) is 11.3. The zero-order chi connectivity index (χ0) is 19.5. The molecule has 0 fully saturated rings. The van der Waals surface area contributed by atoms with Crippen molar-refractivity contribution in [2.24, 2.45) is 4.99 Å². The maximum atomic E-state index is 13.1. The Morgan fingerprint density at radius 1 is 1.18 bits per heavy atom. The van der Waals surface area contributed by atoms with E-state index in [-0.39, 0.29) is 11.4 Å². The predicted molar refractivity (Wildman–Crippen MR) is 110 cm³/mol. The molecule has 1 N–H and O–H groups in total. The number of nitrogens with zero attached hydrogens (tertiary/aromatic N) is 4. The molecule has 4 rings (SSSR count). The quantitative estimate of drug-likeness (QED) is 0.523. The first-order chi connectivity index (χ1) is 13.7. The van der Waals surface area contributed by atoms with Gasteiger partial charge in [-0.3, -0.25) is 4.79 Å². The lowest BCUT2D eigenvalue weighted by Gasteiger charge is -2.14. The number of hydrogen-bond acceptors (Lipinski definition) is 7. The highest BCUT2D eigenvalue weighted by Gasteiger charge is 2.16. The number of fused-ring (bicyclic) bond motifs is 1. The van der Waals surface area contributed by atoms with Crippen LogP contribution in [-0.2, 0) is 0 Å². The fraction of sp³-hybridized carbons (Fsp3) is 0.100. The van der Waals surface area contributed by atoms with Crippen molar-refractivity contribution >= 4 is 33.5 Å². The lowest BCUT2D eigenvalue weighted by atomic mass is 10.1. The van der Waals surface area contributed by atoms with Crippen LogP contribution in [0.5, 0.6) is 11.6 Å². The van der Waals surface area contributed by atoms with Crippen LogP contribution in [0.4, 0.5) is 5.13 Å². The predicted octanol–water partition coefficient (Wildman–Crippen LogP) is 3.70. The second-order valence-electron chi connectivity index (χ2n) is 5.83. The first kappa shape index (κ1) is 17.9. The molecule has 0 aliphatic carbocycles. The molecule has 4 aromatic rings. The van der Waals surface area contributed by atoms with Crippen LogP contribution in [-0.4, -0.2) is 32.7 Å². The van der Waals surface area contributed by atoms with Gasteiger partial charge < -0.3 is 9.84 Å². The fourth-order valence-corrected chi connectivity index (χ4v) is 3.33. The lowest BCUT2D eigenvalue weighted by molar-refractivity contribution is 0.340. The Balaban J connectivity index is 1.92. The Hall–Kier alpha value is -3.52. The van der Waals surface area contributed by atoms with Gasteiger partial charge in [-0.25, -0.2) is 9.56 Å². The molecule has 2 aromatic heterocycles. The van der Waals surface area contributed by atoms with E-state index in [1.165, 1.54) is 22.1 Å². The molecule has 0 amide bonds. The van der Waals surface area contributed by atoms with E-state index in [1.807, 2.05) is 13.0 Å². The minimum Gasteiger partial charge on any atom is -0.494 e. The average molecular weight is 392 g/mol. The SMILES string of the molecule is CCOc1ccc(-n2c(O)c(/C=N/c3nncs3)c3ccccc3c2=O)cc1. The number of aromatic nitrogens is 3. The summed E-state index contributed by atoms with van der Waals surface area (Å²) in [6, 6.07) is 14.1. The summed E-state index contributed by atoms with van der Waals surface area (Å²) in [6.07, 6.45) is 1.50. The van der Waals surface area contributed by atoms with E-state index in [0.29, 0.717) is 39.5 Å². The van der Waals surface area contributed by atoms with Crippen molar-refractivity contribution in [1.29, 1.82) is 0 Å². The monoisotopic (exact) mass is 392 g/mol. The number of aliphatic imine (C=N–C) groups is 1. The number of pyridine rings is 1. The maximum Gasteiger partial charge on any atom is 0.265 e. The van der Waals surface area contributed by atoms with E-state index in [4.69, 9.17) is 4.74 Å². The lowest BCUT2D eigenvalue weighted by Crippen LogP contribution is -2.20. The third kappa shape index (κ3) is 3.25. The Kier molecular flexibility index (Phi) is 4.86. The molecule has 0 saturated heterocycles. The maximum absolute atomic E-state index is 13.1. The summed E-state index contributed by atoms with van der Waals surface area (Å²) >= 11 is 1.28. The van der Waals surface area contributed by atoms with Gasteiger partial charge in [-0.15, -0.1) is 10.2 Å². The summed E-state index contributed by atoms with van der Waals surface area (Å²) in [5.74, 6) is 0.499. The van der Waals surface area contributed by atoms with Crippen LogP contribution in [0.2, 0.25) is 0 Å². The van der Waals surface area contributed by atoms with Gasteiger partial charge in [-0.05, 0) is 37.3 Å². The molecule has 0 atom stereocenters. The highest BCUT2D eigenvalue weighted by Crippen LogP contribution is 2.27. The number of benzene rings is 2. The fourth-order valence-electron chi connectivity index (χ4n) is 2.93. The molecule has 2 heterocycles. The molecule has 0 unspecified atom stereocenters. The highest BCUT2D eigenvalue weighted by molar-refractivity contribution is 7.13. The molecular formula is C20H16N4O3S. The van der Waals surface area contributed by atoms with E-state index in [2.05, 4.69) is 15.2 Å². The molecule has 0 aliphatic heterocycles. The summed E-state index contributed by atoms with van der Waals surface area (Å²) in [4.78, 5) is 17.3. The third-order valence-corrected chi connectivity index (χ3v) is 4.76. The van der Waals surface area contributed by atoms with Gasteiger partial charge in [0.2, 0.25) is 11.0 Å². The topological polar surface area (TPSA) is 89.6 Å². The zero-order valence-electron chi connectivity index (χ0n) is 14.9. The summed E-state index contributed by atoms with van der Waals surface area (Å²) in [5, 5.41) is 20.1. The summed E-state index contributed by atoms with van der Waals surface area (Å²) in [6.45, 7) is 2.45. The van der Waals surface area contributed by atoms with Crippen LogP contribution >= 0.6 is 11.3 Å². The number of aromatic hydroxyl groups is 1. The minimum absolute atomic E-state index is 0.193. The molecule has 2 aromatic carbocycles. The van der Waals surface area contributed by atoms with Gasteiger partial charge in [0.1, 0.15) is 11.3 Å². The summed E-state index contributed by atoms with van der Waals surface area (Å²) in [5.41, 5.74) is 2.22. The van der Waals surface area contributed by atoms with Crippen molar-refractivity contribution in [2.45, 2.75) is 6.92 Å². The van der Waals surface area contributed by atoms with Gasteiger partial charge >= 0.3 is 0 Å². The highest BCUT2D eigenvalue weighted by atomic mass is 32.1. The second kappa shape index (κ2) is 7.61. The van der Waals surface area contributed by atoms with Crippen molar-refractivity contribution in [3.05, 3.63) is 70.0 Å². The molecule has 140 valence electrons. The van der Waals surface area contributed by atoms with E-state index in [0.717, 1.165) is 0 Å². The van der Waals surface area contributed by atoms with Crippen LogP contribution in [0.3, 0.4) is 0 Å². The second-order valence-corrected chi connectivity index (χ2v) is 6.64. The standard InChI is InChI=1S/C20H16N4O3S/c1-2-27-14-9-7-13(8-10-14)24-18(25)16-6-4-3-5-15(16)17(19(24)26)11-21-20-23-22-12-28-20/h3-12,26H,2H2,1H3/b21-11+. The molecule has 0 aliphatic rings. The van der Waals surface area contributed by atoms with E-state index < -0.39 is 0 Å². The Morgan fingerprint density at radius 2 is 1.93 bits per heavy atom. The Labute approximate surface area is 164 Å². The van der Waals surface area contributed by atoms with E-state index >= 15 is 0 Å². The van der Waals surface area contributed by atoms with Crippen molar-refractivity contribution < 1.29 is 9.84 Å². The van der Waals surface area contributed by atoms with Crippen LogP contribution in [0.25, 0.3) is 16.5 Å². The van der Waals surface area contributed by atoms with Gasteiger partial charge in [-0.2, -0.15) is 0 Å². The first-order valence-electron chi connectivity index (χ1n) is 8.59. The molecule has 0 bridgehead atoms. The summed E-state index contributed by atoms with van der Waals surface area (Å²) in [7, 11) is 0. The van der Waals surface area contributed by atoms with Crippen LogP contribution in [0.1, 0.15) is 12.5 Å². The number of ether oxygens (including phenoxy) is 1. The van der Waals surface area contributed by atoms with Gasteiger partial charge in [0.25, 0.3) is 5.56 Å². The van der Waals surface area contributed by atoms with Crippen molar-refractivity contribution in [2.75, 3.05) is 6.61 Å². The first-order valence-corrected chi connectivity index (χ1v) is 9.47. The van der Waals surface area contributed by atoms with Gasteiger partial charge in [0, 0.05) is 17.0 Å². The van der Waals surface area contributed by atoms with E-state index in [9.17, 15) is 9.90 Å². The molecule has 28 heavy (non-hydrogen) atoms. The van der Waals surface area contributed by atoms with Crippen molar-refractivity contribution in [3.63, 3.8) is 0 Å². The van der Waals surface area contributed by atoms with E-state index in [1.54, 1.807) is 48.0 Å². The summed E-state index contributed by atoms with van der Waals surface area (Å²) < 4.78 is 6.71. The molecule has 0 saturated carbocycles. The smallest absolute Gasteiger partial charge is 0.265 e. The largest absolute Gasteiger partial charge is 0.494 e. The molecular weight excluding hydrogens is 376 g/mol. The Morgan fingerprint density at radius 3 is 2.61 bits per heavy atom. The molecule has 0 spiro atoms. The van der Waals surface area contributed by atoms with Crippen LogP contribution in [0.15, 0.2) is 63.8 Å². The average Bonchev–Trinajstić information content (AvgIpc) is 3.23. The third-order valence-electron chi connectivity index (χ3n) is 4.16. The van der Waals surface area contributed by atoms with Crippen molar-refractivity contribution in [3.8, 4) is 17.3 Å². The Bertz CT molecular complexity index is 1200. The van der Waals surface area contributed by atoms with Gasteiger partial charge in [0.05, 0.1) is 17.9 Å².